The fourth-order valence-electron chi connectivity index (χ4n) is 1.50. The molecule has 1 amide bonds. The van der Waals surface area contributed by atoms with Crippen LogP contribution in [0.15, 0.2) is 12.1 Å². The van der Waals surface area contributed by atoms with E-state index >= 15 is 0 Å². The van der Waals surface area contributed by atoms with Gasteiger partial charge in [0.25, 0.3) is 5.91 Å². The molecule has 0 fully saturated rings. The fraction of sp³-hybridized carbons (Fsp3) is 0.222. The number of fused-ring (bicyclic) bond motifs is 1. The van der Waals surface area contributed by atoms with E-state index in [1.165, 1.54) is 4.90 Å². The van der Waals surface area contributed by atoms with Crippen molar-refractivity contribution in [3.8, 4) is 0 Å². The van der Waals surface area contributed by atoms with Gasteiger partial charge in [0.1, 0.15) is 17.4 Å². The maximum atomic E-state index is 11.6. The lowest BCUT2D eigenvalue weighted by atomic mass is 10.2. The van der Waals surface area contributed by atoms with E-state index in [0.29, 0.717) is 5.56 Å². The van der Waals surface area contributed by atoms with Crippen molar-refractivity contribution < 1.29 is 14.7 Å². The average molecular weight is 227 g/mol. The standard InChI is InChI=1S/C9H7ClN2O3/c10-6-2-1-5-3-12(4-7(13)14)9(15)8(5)11-6/h1-2H,3-4H2,(H,13,14). The van der Waals surface area contributed by atoms with Gasteiger partial charge in [0.2, 0.25) is 0 Å². The number of amides is 1. The zero-order valence-electron chi connectivity index (χ0n) is 7.61. The average Bonchev–Trinajstić information content (AvgIpc) is 2.44. The lowest BCUT2D eigenvalue weighted by molar-refractivity contribution is -0.137. The molecule has 5 nitrogen and oxygen atoms in total. The molecule has 1 aromatic heterocycles. The Balaban J connectivity index is 2.29. The number of carboxylic acid groups (broad SMARTS) is 1. The van der Waals surface area contributed by atoms with Crippen molar-refractivity contribution in [3.05, 3.63) is 28.5 Å². The van der Waals surface area contributed by atoms with Crippen molar-refractivity contribution in [2.45, 2.75) is 6.54 Å². The molecule has 0 spiro atoms. The zero-order valence-corrected chi connectivity index (χ0v) is 8.36. The van der Waals surface area contributed by atoms with Gasteiger partial charge in [-0.1, -0.05) is 17.7 Å². The Morgan fingerprint density at radius 1 is 1.60 bits per heavy atom. The van der Waals surface area contributed by atoms with E-state index in [4.69, 9.17) is 16.7 Å². The van der Waals surface area contributed by atoms with Crippen molar-refractivity contribution in [1.82, 2.24) is 9.88 Å². The van der Waals surface area contributed by atoms with Crippen molar-refractivity contribution in [2.24, 2.45) is 0 Å². The first-order valence-corrected chi connectivity index (χ1v) is 4.62. The van der Waals surface area contributed by atoms with Crippen LogP contribution in [0.4, 0.5) is 0 Å². The first-order valence-electron chi connectivity index (χ1n) is 4.24. The van der Waals surface area contributed by atoms with Gasteiger partial charge in [-0.15, -0.1) is 0 Å². The summed E-state index contributed by atoms with van der Waals surface area (Å²) in [6, 6.07) is 3.27. The smallest absolute Gasteiger partial charge is 0.323 e. The fourth-order valence-corrected chi connectivity index (χ4v) is 1.64. The van der Waals surface area contributed by atoms with Crippen molar-refractivity contribution in [2.75, 3.05) is 6.54 Å². The summed E-state index contributed by atoms with van der Waals surface area (Å²) in [4.78, 5) is 27.2. The van der Waals surface area contributed by atoms with E-state index in [1.807, 2.05) is 0 Å². The van der Waals surface area contributed by atoms with Crippen LogP contribution in [0.1, 0.15) is 16.1 Å². The molecule has 0 radical (unpaired) electrons. The monoisotopic (exact) mass is 226 g/mol. The molecule has 1 aromatic rings. The zero-order chi connectivity index (χ0) is 11.0. The molecule has 6 heteroatoms. The van der Waals surface area contributed by atoms with Gasteiger partial charge in [-0.3, -0.25) is 9.59 Å². The third-order valence-corrected chi connectivity index (χ3v) is 2.33. The van der Waals surface area contributed by atoms with Gasteiger partial charge in [0.05, 0.1) is 0 Å². The molecule has 0 aliphatic carbocycles. The van der Waals surface area contributed by atoms with E-state index in [9.17, 15) is 9.59 Å². The van der Waals surface area contributed by atoms with E-state index in [-0.39, 0.29) is 29.8 Å². The predicted octanol–water partition coefficient (Wildman–Crippen LogP) is 0.775. The maximum absolute atomic E-state index is 11.6. The van der Waals surface area contributed by atoms with E-state index in [1.54, 1.807) is 12.1 Å². The van der Waals surface area contributed by atoms with Crippen molar-refractivity contribution in [1.29, 1.82) is 0 Å². The molecule has 0 saturated carbocycles. The number of hydrogen-bond donors (Lipinski definition) is 1. The minimum absolute atomic E-state index is 0.235. The Morgan fingerprint density at radius 3 is 3.00 bits per heavy atom. The number of carbonyl (C=O) groups is 2. The maximum Gasteiger partial charge on any atom is 0.323 e. The minimum Gasteiger partial charge on any atom is -0.480 e. The third-order valence-electron chi connectivity index (χ3n) is 2.12. The number of aromatic nitrogens is 1. The van der Waals surface area contributed by atoms with Gasteiger partial charge in [-0.2, -0.15) is 0 Å². The minimum atomic E-state index is -1.04. The number of aliphatic carboxylic acids is 1. The van der Waals surface area contributed by atoms with Crippen LogP contribution in [0.5, 0.6) is 0 Å². The van der Waals surface area contributed by atoms with E-state index in [0.717, 1.165) is 0 Å². The molecule has 78 valence electrons. The van der Waals surface area contributed by atoms with Crippen molar-refractivity contribution in [3.63, 3.8) is 0 Å². The van der Waals surface area contributed by atoms with Gasteiger partial charge in [-0.05, 0) is 6.07 Å². The number of halogens is 1. The highest BCUT2D eigenvalue weighted by Crippen LogP contribution is 2.22. The number of rotatable bonds is 2. The summed E-state index contributed by atoms with van der Waals surface area (Å²) >= 11 is 5.64. The highest BCUT2D eigenvalue weighted by Gasteiger charge is 2.30. The second kappa shape index (κ2) is 3.51. The molecule has 0 atom stereocenters. The molecule has 2 rings (SSSR count). The molecule has 1 aliphatic heterocycles. The molecule has 0 bridgehead atoms. The van der Waals surface area contributed by atoms with Gasteiger partial charge in [-0.25, -0.2) is 4.98 Å². The Bertz CT molecular complexity index is 447. The molecule has 1 aliphatic rings. The molecule has 0 unspecified atom stereocenters. The summed E-state index contributed by atoms with van der Waals surface area (Å²) in [5.74, 6) is -1.42. The molecular weight excluding hydrogens is 220 g/mol. The summed E-state index contributed by atoms with van der Waals surface area (Å²) in [7, 11) is 0. The molecule has 0 saturated heterocycles. The first-order chi connectivity index (χ1) is 7.08. The normalized spacial score (nSPS) is 14.2. The van der Waals surface area contributed by atoms with E-state index in [2.05, 4.69) is 4.98 Å². The number of hydrogen-bond acceptors (Lipinski definition) is 3. The summed E-state index contributed by atoms with van der Waals surface area (Å²) in [6.07, 6.45) is 0. The predicted molar refractivity (Wildman–Crippen MR) is 51.6 cm³/mol. The largest absolute Gasteiger partial charge is 0.480 e. The summed E-state index contributed by atoms with van der Waals surface area (Å²) in [5, 5.41) is 8.82. The number of nitrogens with zero attached hydrogens (tertiary/aromatic N) is 2. The summed E-state index contributed by atoms with van der Waals surface area (Å²) < 4.78 is 0. The van der Waals surface area contributed by atoms with Crippen LogP contribution < -0.4 is 0 Å². The van der Waals surface area contributed by atoms with Crippen molar-refractivity contribution >= 4 is 23.5 Å². The second-order valence-corrected chi connectivity index (χ2v) is 3.58. The lowest BCUT2D eigenvalue weighted by Gasteiger charge is -2.10. The van der Waals surface area contributed by atoms with Crippen LogP contribution in [0, 0.1) is 0 Å². The van der Waals surface area contributed by atoms with Crippen LogP contribution in [0.25, 0.3) is 0 Å². The van der Waals surface area contributed by atoms with Gasteiger partial charge in [0, 0.05) is 12.1 Å². The van der Waals surface area contributed by atoms with Crippen LogP contribution in [-0.2, 0) is 11.3 Å². The van der Waals surface area contributed by atoms with Crippen LogP contribution >= 0.6 is 11.6 Å². The number of pyridine rings is 1. The Labute approximate surface area is 90.3 Å². The number of carbonyl (C=O) groups excluding carboxylic acids is 1. The third kappa shape index (κ3) is 1.78. The summed E-state index contributed by atoms with van der Waals surface area (Å²) in [6.45, 7) is -0.0303. The SMILES string of the molecule is O=C(O)CN1Cc2ccc(Cl)nc2C1=O. The molecule has 0 aromatic carbocycles. The van der Waals surface area contributed by atoms with E-state index < -0.39 is 5.97 Å². The highest BCUT2D eigenvalue weighted by molar-refractivity contribution is 6.29. The molecule has 2 heterocycles. The summed E-state index contributed by atoms with van der Waals surface area (Å²) in [5.41, 5.74) is 0.967. The van der Waals surface area contributed by atoms with Gasteiger partial charge in [0.15, 0.2) is 0 Å². The molecular formula is C9H7ClN2O3. The second-order valence-electron chi connectivity index (χ2n) is 3.20. The number of carboxylic acids is 1. The Kier molecular flexibility index (Phi) is 2.32. The molecule has 1 N–H and O–H groups in total. The lowest BCUT2D eigenvalue weighted by Crippen LogP contribution is -2.30. The highest BCUT2D eigenvalue weighted by atomic mass is 35.5. The van der Waals surface area contributed by atoms with Gasteiger partial charge < -0.3 is 10.0 Å². The quantitative estimate of drug-likeness (QED) is 0.757. The molecule has 15 heavy (non-hydrogen) atoms. The van der Waals surface area contributed by atoms with Gasteiger partial charge >= 0.3 is 5.97 Å². The van der Waals surface area contributed by atoms with Crippen LogP contribution in [-0.4, -0.2) is 33.4 Å². The van der Waals surface area contributed by atoms with Crippen LogP contribution in [0.3, 0.4) is 0 Å². The van der Waals surface area contributed by atoms with Crippen LogP contribution in [0.2, 0.25) is 5.15 Å². The Hall–Kier alpha value is -1.62. The Morgan fingerprint density at radius 2 is 2.33 bits per heavy atom. The first kappa shape index (κ1) is 9.92. The topological polar surface area (TPSA) is 70.5 Å².